The Morgan fingerprint density at radius 3 is 2.64 bits per heavy atom. The van der Waals surface area contributed by atoms with E-state index in [2.05, 4.69) is 42.2 Å². The fraction of sp³-hybridized carbons (Fsp3) is 0.500. The molecule has 0 amide bonds. The molecule has 1 fully saturated rings. The Kier molecular flexibility index (Phi) is 9.82. The molecule has 36 heavy (non-hydrogen) atoms. The second-order valence-electron chi connectivity index (χ2n) is 9.46. The maximum absolute atomic E-state index is 12.4. The van der Waals surface area contributed by atoms with Crippen LogP contribution in [-0.2, 0) is 19.0 Å². The molecule has 0 spiro atoms. The number of esters is 1. The van der Waals surface area contributed by atoms with Crippen molar-refractivity contribution >= 4 is 17.7 Å². The number of hydrogen-bond acceptors (Lipinski definition) is 6. The first kappa shape index (κ1) is 26.2. The summed E-state index contributed by atoms with van der Waals surface area (Å²) in [5.74, 6) is 0.582. The van der Waals surface area contributed by atoms with Gasteiger partial charge in [0.25, 0.3) is 0 Å². The molecule has 0 unspecified atom stereocenters. The average molecular weight is 494 g/mol. The lowest BCUT2D eigenvalue weighted by molar-refractivity contribution is -0.136. The first-order valence-electron chi connectivity index (χ1n) is 13.3. The molecule has 194 valence electrons. The predicted molar refractivity (Wildman–Crippen MR) is 144 cm³/mol. The number of rotatable bonds is 11. The topological polar surface area (TPSA) is 57.2 Å². The Hall–Kier alpha value is -2.83. The zero-order chi connectivity index (χ0) is 25.2. The summed E-state index contributed by atoms with van der Waals surface area (Å²) in [7, 11) is 1.45. The van der Waals surface area contributed by atoms with Crippen LogP contribution in [0.5, 0.6) is 5.75 Å². The third-order valence-corrected chi connectivity index (χ3v) is 6.79. The van der Waals surface area contributed by atoms with Crippen molar-refractivity contribution in [2.24, 2.45) is 0 Å². The fourth-order valence-corrected chi connectivity index (χ4v) is 4.80. The van der Waals surface area contributed by atoms with Gasteiger partial charge in [-0.25, -0.2) is 4.79 Å². The minimum Gasteiger partial charge on any atom is -0.491 e. The molecule has 0 bridgehead atoms. The fourth-order valence-electron chi connectivity index (χ4n) is 4.80. The van der Waals surface area contributed by atoms with Crippen molar-refractivity contribution in [1.82, 2.24) is 0 Å². The number of carbonyl (C=O) groups excluding carboxylic acids is 1. The summed E-state index contributed by atoms with van der Waals surface area (Å²) in [6.45, 7) is 6.70. The van der Waals surface area contributed by atoms with E-state index < -0.39 is 0 Å². The third kappa shape index (κ3) is 7.11. The van der Waals surface area contributed by atoms with Gasteiger partial charge in [0.15, 0.2) is 0 Å². The van der Waals surface area contributed by atoms with E-state index in [9.17, 15) is 4.79 Å². The van der Waals surface area contributed by atoms with E-state index in [0.717, 1.165) is 92.1 Å². The number of hydrogen-bond donors (Lipinski definition) is 0. The normalized spacial score (nSPS) is 17.7. The van der Waals surface area contributed by atoms with Crippen LogP contribution in [0.15, 0.2) is 48.0 Å². The first-order valence-corrected chi connectivity index (χ1v) is 13.3. The van der Waals surface area contributed by atoms with Crippen LogP contribution >= 0.6 is 0 Å². The highest BCUT2D eigenvalue weighted by Gasteiger charge is 2.23. The van der Waals surface area contributed by atoms with Crippen LogP contribution in [-0.4, -0.2) is 58.7 Å². The Morgan fingerprint density at radius 2 is 1.89 bits per heavy atom. The molecule has 2 aromatic rings. The van der Waals surface area contributed by atoms with E-state index >= 15 is 0 Å². The van der Waals surface area contributed by atoms with E-state index in [4.69, 9.17) is 18.9 Å². The molecule has 0 aromatic heterocycles. The molecule has 0 radical (unpaired) electrons. The first-order chi connectivity index (χ1) is 17.7. The van der Waals surface area contributed by atoms with Crippen LogP contribution in [0.1, 0.15) is 51.0 Å². The molecular formula is C30H39NO5. The van der Waals surface area contributed by atoms with Gasteiger partial charge in [0.2, 0.25) is 0 Å². The van der Waals surface area contributed by atoms with E-state index in [-0.39, 0.29) is 12.1 Å². The lowest BCUT2D eigenvalue weighted by Crippen LogP contribution is -2.34. The number of ether oxygens (including phenoxy) is 4. The predicted octanol–water partition coefficient (Wildman–Crippen LogP) is 5.88. The van der Waals surface area contributed by atoms with Crippen LogP contribution in [0.2, 0.25) is 0 Å². The molecule has 1 atom stereocenters. The largest absolute Gasteiger partial charge is 0.491 e. The van der Waals surface area contributed by atoms with Gasteiger partial charge in [-0.1, -0.05) is 31.5 Å². The summed E-state index contributed by atoms with van der Waals surface area (Å²) in [6.07, 6.45) is 8.32. The smallest absolute Gasteiger partial charge is 0.333 e. The van der Waals surface area contributed by atoms with Gasteiger partial charge in [-0.05, 0) is 79.1 Å². The molecule has 4 rings (SSSR count). The number of unbranched alkanes of at least 4 members (excludes halogenated alkanes) is 1. The Balaban J connectivity index is 1.52. The molecule has 0 aliphatic carbocycles. The van der Waals surface area contributed by atoms with Gasteiger partial charge >= 0.3 is 5.97 Å². The molecule has 1 saturated heterocycles. The van der Waals surface area contributed by atoms with Crippen molar-refractivity contribution in [3.8, 4) is 16.9 Å². The van der Waals surface area contributed by atoms with Crippen molar-refractivity contribution in [3.63, 3.8) is 0 Å². The lowest BCUT2D eigenvalue weighted by Gasteiger charge is -2.31. The maximum Gasteiger partial charge on any atom is 0.333 e. The highest BCUT2D eigenvalue weighted by Crippen LogP contribution is 2.33. The third-order valence-electron chi connectivity index (χ3n) is 6.79. The summed E-state index contributed by atoms with van der Waals surface area (Å²) in [5.41, 5.74) is 5.09. The van der Waals surface area contributed by atoms with Gasteiger partial charge in [-0.3, -0.25) is 0 Å². The summed E-state index contributed by atoms with van der Waals surface area (Å²) in [5, 5.41) is 0. The summed E-state index contributed by atoms with van der Waals surface area (Å²) in [4.78, 5) is 14.8. The van der Waals surface area contributed by atoms with Gasteiger partial charge in [-0.15, -0.1) is 0 Å². The molecule has 0 saturated carbocycles. The zero-order valence-electron chi connectivity index (χ0n) is 21.7. The molecular weight excluding hydrogens is 454 g/mol. The summed E-state index contributed by atoms with van der Waals surface area (Å²) >= 11 is 0. The average Bonchev–Trinajstić information content (AvgIpc) is 3.41. The molecule has 2 heterocycles. The van der Waals surface area contributed by atoms with Gasteiger partial charge in [0.05, 0.1) is 19.8 Å². The van der Waals surface area contributed by atoms with E-state index in [1.54, 1.807) is 0 Å². The van der Waals surface area contributed by atoms with Gasteiger partial charge in [-0.2, -0.15) is 0 Å². The van der Waals surface area contributed by atoms with Crippen LogP contribution in [0, 0.1) is 0 Å². The molecule has 6 nitrogen and oxygen atoms in total. The molecule has 2 aromatic carbocycles. The van der Waals surface area contributed by atoms with Crippen LogP contribution in [0.3, 0.4) is 0 Å². The Labute approximate surface area is 215 Å². The maximum atomic E-state index is 12.4. The summed E-state index contributed by atoms with van der Waals surface area (Å²) < 4.78 is 22.4. The zero-order valence-corrected chi connectivity index (χ0v) is 21.7. The number of fused-ring (bicyclic) bond motifs is 1. The second-order valence-corrected chi connectivity index (χ2v) is 9.46. The van der Waals surface area contributed by atoms with Crippen molar-refractivity contribution in [2.45, 2.75) is 51.6 Å². The van der Waals surface area contributed by atoms with Crippen molar-refractivity contribution in [3.05, 3.63) is 53.6 Å². The van der Waals surface area contributed by atoms with Crippen molar-refractivity contribution in [1.29, 1.82) is 0 Å². The number of carbonyl (C=O) groups is 1. The highest BCUT2D eigenvalue weighted by molar-refractivity contribution is 5.95. The highest BCUT2D eigenvalue weighted by atomic mass is 16.5. The quantitative estimate of drug-likeness (QED) is 0.288. The molecule has 6 heteroatoms. The van der Waals surface area contributed by atoms with E-state index in [0.29, 0.717) is 19.6 Å². The summed E-state index contributed by atoms with van der Waals surface area (Å²) in [6, 6.07) is 14.7. The van der Waals surface area contributed by atoms with Crippen molar-refractivity contribution < 1.29 is 23.7 Å². The monoisotopic (exact) mass is 493 g/mol. The van der Waals surface area contributed by atoms with Crippen LogP contribution in [0.4, 0.5) is 5.69 Å². The molecule has 0 N–H and O–H groups in total. The number of methoxy groups -OCH3 is 1. The second kappa shape index (κ2) is 13.5. The number of anilines is 1. The SMILES string of the molecule is CCCCOCCOc1ccc(-c2ccc3c(c2)C=C(C(=O)OC)CCCN3C[C@@H]2CCCO2)cc1. The van der Waals surface area contributed by atoms with Crippen LogP contribution < -0.4 is 9.64 Å². The Morgan fingerprint density at radius 1 is 1.06 bits per heavy atom. The van der Waals surface area contributed by atoms with Crippen molar-refractivity contribution in [2.75, 3.05) is 51.5 Å². The standard InChI is InChI=1S/C30H39NO5/c1-3-4-16-34-18-19-36-27-12-9-23(10-13-27)24-11-14-29-26(20-24)21-25(30(32)33-2)7-5-15-31(29)22-28-8-6-17-35-28/h9-14,20-21,28H,3-8,15-19,22H2,1-2H3/t28-/m0/s1. The molecule has 2 aliphatic heterocycles. The molecule has 2 aliphatic rings. The van der Waals surface area contributed by atoms with Crippen LogP contribution in [0.25, 0.3) is 17.2 Å². The van der Waals surface area contributed by atoms with Gasteiger partial charge < -0.3 is 23.8 Å². The van der Waals surface area contributed by atoms with Gasteiger partial charge in [0.1, 0.15) is 12.4 Å². The number of benzene rings is 2. The Bertz CT molecular complexity index is 1010. The number of nitrogens with zero attached hydrogens (tertiary/aromatic N) is 1. The van der Waals surface area contributed by atoms with E-state index in [1.807, 2.05) is 18.2 Å². The van der Waals surface area contributed by atoms with E-state index in [1.165, 1.54) is 7.11 Å². The lowest BCUT2D eigenvalue weighted by atomic mass is 9.96. The minimum atomic E-state index is -0.251. The minimum absolute atomic E-state index is 0.251. The van der Waals surface area contributed by atoms with Gasteiger partial charge in [0, 0.05) is 37.6 Å².